The summed E-state index contributed by atoms with van der Waals surface area (Å²) >= 11 is 11.9. The second kappa shape index (κ2) is 10.3. The third-order valence-corrected chi connectivity index (χ3v) is 4.87. The number of hydrogen-bond acceptors (Lipinski definition) is 7. The molecular weight excluding hydrogens is 480 g/mol. The maximum atomic E-state index is 14.3. The maximum absolute atomic E-state index is 14.3. The van der Waals surface area contributed by atoms with Crippen LogP contribution in [0.5, 0.6) is 5.75 Å². The van der Waals surface area contributed by atoms with E-state index >= 15 is 0 Å². The lowest BCUT2D eigenvalue weighted by Gasteiger charge is -2.11. The van der Waals surface area contributed by atoms with Crippen molar-refractivity contribution in [3.05, 3.63) is 69.1 Å². The van der Waals surface area contributed by atoms with Crippen molar-refractivity contribution in [2.75, 3.05) is 13.7 Å². The largest absolute Gasteiger partial charge is 0.496 e. The van der Waals surface area contributed by atoms with Gasteiger partial charge in [0, 0.05) is 5.02 Å². The number of halogens is 3. The Kier molecular flexibility index (Phi) is 7.52. The number of ether oxygens (including phenoxy) is 2. The van der Waals surface area contributed by atoms with E-state index in [0.29, 0.717) is 0 Å². The third-order valence-electron chi connectivity index (χ3n) is 4.32. The van der Waals surface area contributed by atoms with Crippen LogP contribution in [-0.4, -0.2) is 36.7 Å². The molecule has 0 spiro atoms. The molecule has 2 N–H and O–H groups in total. The molecule has 0 bridgehead atoms. The summed E-state index contributed by atoms with van der Waals surface area (Å²) in [6.07, 6.45) is 0. The minimum Gasteiger partial charge on any atom is -0.496 e. The van der Waals surface area contributed by atoms with Crippen molar-refractivity contribution >= 4 is 41.0 Å². The van der Waals surface area contributed by atoms with Crippen LogP contribution in [0.25, 0.3) is 11.3 Å². The molecule has 172 valence electrons. The van der Waals surface area contributed by atoms with Crippen molar-refractivity contribution < 1.29 is 32.8 Å². The molecule has 1 aromatic heterocycles. The van der Waals surface area contributed by atoms with Crippen molar-refractivity contribution in [1.29, 1.82) is 0 Å². The van der Waals surface area contributed by atoms with E-state index in [4.69, 9.17) is 37.2 Å². The molecule has 0 fully saturated rings. The lowest BCUT2D eigenvalue weighted by molar-refractivity contribution is -0.125. The molecule has 12 heteroatoms. The number of hydrogen-bond donors (Lipinski definition) is 2. The van der Waals surface area contributed by atoms with Gasteiger partial charge in [-0.2, -0.15) is 0 Å². The Balaban J connectivity index is 1.64. The zero-order chi connectivity index (χ0) is 24.1. The SMILES string of the molecule is COc1ccc(Cl)cc1C(=O)NNC(=O)COC(=O)c1c(-c2c(F)cccc2Cl)noc1C. The number of nitrogens with one attached hydrogen (secondary N) is 2. The number of aryl methyl sites for hydroxylation is 1. The zero-order valence-electron chi connectivity index (χ0n) is 17.2. The molecule has 3 aromatic rings. The first-order valence-corrected chi connectivity index (χ1v) is 9.99. The average molecular weight is 496 g/mol. The van der Waals surface area contributed by atoms with E-state index in [-0.39, 0.29) is 43.9 Å². The normalized spacial score (nSPS) is 10.5. The van der Waals surface area contributed by atoms with Crippen molar-refractivity contribution in [2.24, 2.45) is 0 Å². The number of amides is 2. The lowest BCUT2D eigenvalue weighted by atomic mass is 10.1. The molecule has 0 atom stereocenters. The molecular formula is C21H16Cl2FN3O6. The number of hydrazine groups is 1. The molecule has 0 aliphatic carbocycles. The second-order valence-electron chi connectivity index (χ2n) is 6.48. The number of benzene rings is 2. The Morgan fingerprint density at radius 3 is 2.61 bits per heavy atom. The van der Waals surface area contributed by atoms with Crippen molar-refractivity contribution in [1.82, 2.24) is 16.0 Å². The van der Waals surface area contributed by atoms with Gasteiger partial charge in [-0.1, -0.05) is 34.4 Å². The quantitative estimate of drug-likeness (QED) is 0.394. The highest BCUT2D eigenvalue weighted by molar-refractivity contribution is 6.33. The fraction of sp³-hybridized carbons (Fsp3) is 0.143. The van der Waals surface area contributed by atoms with Gasteiger partial charge in [0.1, 0.15) is 28.6 Å². The van der Waals surface area contributed by atoms with Gasteiger partial charge in [-0.25, -0.2) is 9.18 Å². The number of rotatable bonds is 6. The Hall–Kier alpha value is -3.63. The van der Waals surface area contributed by atoms with Crippen LogP contribution >= 0.6 is 23.2 Å². The number of methoxy groups -OCH3 is 1. The van der Waals surface area contributed by atoms with Gasteiger partial charge in [0.25, 0.3) is 11.8 Å². The van der Waals surface area contributed by atoms with Crippen LogP contribution in [0.2, 0.25) is 10.0 Å². The number of carbonyl (C=O) groups is 3. The highest BCUT2D eigenvalue weighted by Crippen LogP contribution is 2.33. The summed E-state index contributed by atoms with van der Waals surface area (Å²) in [6, 6.07) is 8.33. The third kappa shape index (κ3) is 5.41. The molecule has 33 heavy (non-hydrogen) atoms. The predicted molar refractivity (Wildman–Crippen MR) is 116 cm³/mol. The zero-order valence-corrected chi connectivity index (χ0v) is 18.7. The van der Waals surface area contributed by atoms with Gasteiger partial charge >= 0.3 is 5.97 Å². The van der Waals surface area contributed by atoms with Crippen LogP contribution in [0.3, 0.4) is 0 Å². The number of nitrogens with zero attached hydrogens (tertiary/aromatic N) is 1. The van der Waals surface area contributed by atoms with E-state index in [1.807, 2.05) is 0 Å². The summed E-state index contributed by atoms with van der Waals surface area (Å²) in [5.74, 6) is -3.00. The van der Waals surface area contributed by atoms with E-state index < -0.39 is 30.2 Å². The van der Waals surface area contributed by atoms with E-state index in [1.54, 1.807) is 0 Å². The standard InChI is InChI=1S/C21H16Cl2FN3O6/c1-10-17(19(27-33-10)18-13(23)4-3-5-14(18)24)21(30)32-9-16(28)25-26-20(29)12-8-11(22)6-7-15(12)31-2/h3-8H,9H2,1-2H3,(H,25,28)(H,26,29). The van der Waals surface area contributed by atoms with Crippen molar-refractivity contribution in [2.45, 2.75) is 6.92 Å². The molecule has 3 rings (SSSR count). The fourth-order valence-electron chi connectivity index (χ4n) is 2.80. The summed E-state index contributed by atoms with van der Waals surface area (Å²) in [7, 11) is 1.37. The minimum atomic E-state index is -0.999. The molecule has 9 nitrogen and oxygen atoms in total. The van der Waals surface area contributed by atoms with Crippen molar-refractivity contribution in [3.8, 4) is 17.0 Å². The molecule has 0 unspecified atom stereocenters. The Morgan fingerprint density at radius 1 is 1.15 bits per heavy atom. The number of esters is 1. The van der Waals surface area contributed by atoms with Crippen LogP contribution in [0, 0.1) is 12.7 Å². The Morgan fingerprint density at radius 2 is 1.91 bits per heavy atom. The summed E-state index contributed by atoms with van der Waals surface area (Å²) in [6.45, 7) is 0.654. The van der Waals surface area contributed by atoms with Gasteiger partial charge in [-0.3, -0.25) is 20.4 Å². The first-order valence-electron chi connectivity index (χ1n) is 9.23. The van der Waals surface area contributed by atoms with Crippen LogP contribution in [0.15, 0.2) is 40.9 Å². The van der Waals surface area contributed by atoms with Crippen LogP contribution < -0.4 is 15.6 Å². The van der Waals surface area contributed by atoms with Gasteiger partial charge in [0.05, 0.1) is 23.3 Å². The van der Waals surface area contributed by atoms with E-state index in [1.165, 1.54) is 44.4 Å². The van der Waals surface area contributed by atoms with Gasteiger partial charge in [-0.15, -0.1) is 0 Å². The summed E-state index contributed by atoms with van der Waals surface area (Å²) in [4.78, 5) is 36.9. The molecule has 2 amide bonds. The molecule has 0 radical (unpaired) electrons. The predicted octanol–water partition coefficient (Wildman–Crippen LogP) is 3.72. The van der Waals surface area contributed by atoms with E-state index in [9.17, 15) is 18.8 Å². The van der Waals surface area contributed by atoms with Gasteiger partial charge in [0.15, 0.2) is 6.61 Å². The van der Waals surface area contributed by atoms with Crippen LogP contribution in [0.1, 0.15) is 26.5 Å². The topological polar surface area (TPSA) is 120 Å². The first-order chi connectivity index (χ1) is 15.7. The summed E-state index contributed by atoms with van der Waals surface area (Å²) < 4.78 is 29.3. The number of carbonyl (C=O) groups excluding carboxylic acids is 3. The van der Waals surface area contributed by atoms with Crippen LogP contribution in [-0.2, 0) is 9.53 Å². The summed E-state index contributed by atoms with van der Waals surface area (Å²) in [5, 5.41) is 3.99. The van der Waals surface area contributed by atoms with E-state index in [0.717, 1.165) is 6.07 Å². The van der Waals surface area contributed by atoms with Crippen LogP contribution in [0.4, 0.5) is 4.39 Å². The van der Waals surface area contributed by atoms with Gasteiger partial charge in [-0.05, 0) is 37.3 Å². The van der Waals surface area contributed by atoms with E-state index in [2.05, 4.69) is 16.0 Å². The molecule has 2 aromatic carbocycles. The Bertz CT molecular complexity index is 1210. The fourth-order valence-corrected chi connectivity index (χ4v) is 3.22. The highest BCUT2D eigenvalue weighted by Gasteiger charge is 2.27. The molecule has 0 aliphatic heterocycles. The van der Waals surface area contributed by atoms with Gasteiger partial charge in [0.2, 0.25) is 0 Å². The molecule has 0 saturated heterocycles. The molecule has 0 aliphatic rings. The second-order valence-corrected chi connectivity index (χ2v) is 7.33. The summed E-state index contributed by atoms with van der Waals surface area (Å²) in [5.41, 5.74) is 3.83. The molecule has 0 saturated carbocycles. The number of aromatic nitrogens is 1. The smallest absolute Gasteiger partial charge is 0.344 e. The minimum absolute atomic E-state index is 0.00856. The first kappa shape index (κ1) is 24.0. The average Bonchev–Trinajstić information content (AvgIpc) is 3.16. The maximum Gasteiger partial charge on any atom is 0.344 e. The highest BCUT2D eigenvalue weighted by atomic mass is 35.5. The lowest BCUT2D eigenvalue weighted by Crippen LogP contribution is -2.43. The van der Waals surface area contributed by atoms with Gasteiger partial charge < -0.3 is 14.0 Å². The van der Waals surface area contributed by atoms with Crippen molar-refractivity contribution in [3.63, 3.8) is 0 Å². The molecule has 1 heterocycles. The Labute approximate surface area is 196 Å². The monoisotopic (exact) mass is 495 g/mol.